The molecule has 1 fully saturated rings. The van der Waals surface area contributed by atoms with Gasteiger partial charge in [-0.25, -0.2) is 4.39 Å². The van der Waals surface area contributed by atoms with Gasteiger partial charge in [-0.3, -0.25) is 10.1 Å². The molecular formula is C17H12Cl2FN3O3. The molecule has 0 bridgehead atoms. The van der Waals surface area contributed by atoms with Gasteiger partial charge in [0.2, 0.25) is 0 Å². The van der Waals surface area contributed by atoms with Crippen molar-refractivity contribution in [3.63, 3.8) is 0 Å². The molecule has 1 aliphatic heterocycles. The van der Waals surface area contributed by atoms with Gasteiger partial charge in [0.15, 0.2) is 0 Å². The number of hydrogen-bond acceptors (Lipinski definition) is 5. The maximum Gasteiger partial charge on any atom is 0.270 e. The smallest absolute Gasteiger partial charge is 0.270 e. The fraction of sp³-hybridized carbons (Fsp3) is 0.235. The molecule has 0 N–H and O–H groups in total. The molecule has 1 heterocycles. The SMILES string of the molecule is N#Cc1cc([N+](=O)[O-])ccc1N1CCOC(c2cc(F)c(Cl)cc2Cl)C1. The second kappa shape index (κ2) is 7.46. The number of non-ortho nitro benzene ring substituents is 1. The zero-order chi connectivity index (χ0) is 18.8. The van der Waals surface area contributed by atoms with Crippen LogP contribution in [-0.2, 0) is 4.74 Å². The lowest BCUT2D eigenvalue weighted by Crippen LogP contribution is -2.38. The van der Waals surface area contributed by atoms with Crippen molar-refractivity contribution in [1.82, 2.24) is 0 Å². The highest BCUT2D eigenvalue weighted by atomic mass is 35.5. The van der Waals surface area contributed by atoms with Gasteiger partial charge in [0.1, 0.15) is 18.0 Å². The van der Waals surface area contributed by atoms with Crippen molar-refractivity contribution < 1.29 is 14.1 Å². The molecule has 1 aliphatic rings. The van der Waals surface area contributed by atoms with Crippen LogP contribution >= 0.6 is 23.2 Å². The molecule has 1 saturated heterocycles. The maximum atomic E-state index is 13.8. The van der Waals surface area contributed by atoms with Crippen LogP contribution in [0.4, 0.5) is 15.8 Å². The molecule has 0 spiro atoms. The Morgan fingerprint density at radius 2 is 2.08 bits per heavy atom. The van der Waals surface area contributed by atoms with E-state index in [0.29, 0.717) is 30.9 Å². The molecule has 26 heavy (non-hydrogen) atoms. The van der Waals surface area contributed by atoms with E-state index in [4.69, 9.17) is 27.9 Å². The van der Waals surface area contributed by atoms with Crippen molar-refractivity contribution in [3.05, 3.63) is 67.4 Å². The van der Waals surface area contributed by atoms with Gasteiger partial charge in [0, 0.05) is 35.8 Å². The molecule has 0 amide bonds. The largest absolute Gasteiger partial charge is 0.370 e. The highest BCUT2D eigenvalue weighted by molar-refractivity contribution is 6.35. The number of hydrogen-bond donors (Lipinski definition) is 0. The summed E-state index contributed by atoms with van der Waals surface area (Å²) in [6.07, 6.45) is -0.523. The third kappa shape index (κ3) is 3.58. The molecular weight excluding hydrogens is 384 g/mol. The predicted octanol–water partition coefficient (Wildman–Crippen LogP) is 4.49. The lowest BCUT2D eigenvalue weighted by molar-refractivity contribution is -0.384. The van der Waals surface area contributed by atoms with E-state index in [1.165, 1.54) is 30.3 Å². The van der Waals surface area contributed by atoms with E-state index < -0.39 is 16.8 Å². The van der Waals surface area contributed by atoms with E-state index in [0.717, 1.165) is 0 Å². The van der Waals surface area contributed by atoms with Crippen molar-refractivity contribution >= 4 is 34.6 Å². The van der Waals surface area contributed by atoms with E-state index in [-0.39, 0.29) is 21.3 Å². The van der Waals surface area contributed by atoms with Gasteiger partial charge in [0.25, 0.3) is 5.69 Å². The number of rotatable bonds is 3. The zero-order valence-electron chi connectivity index (χ0n) is 13.3. The van der Waals surface area contributed by atoms with Crippen LogP contribution in [0.5, 0.6) is 0 Å². The number of benzene rings is 2. The molecule has 0 radical (unpaired) electrons. The third-order valence-electron chi connectivity index (χ3n) is 4.11. The van der Waals surface area contributed by atoms with Crippen LogP contribution in [0.2, 0.25) is 10.0 Å². The molecule has 1 unspecified atom stereocenters. The van der Waals surface area contributed by atoms with Crippen LogP contribution in [0.3, 0.4) is 0 Å². The van der Waals surface area contributed by atoms with Crippen LogP contribution in [0.1, 0.15) is 17.2 Å². The summed E-state index contributed by atoms with van der Waals surface area (Å²) < 4.78 is 19.5. The lowest BCUT2D eigenvalue weighted by Gasteiger charge is -2.35. The average molecular weight is 396 g/mol. The number of nitriles is 1. The normalized spacial score (nSPS) is 17.0. The monoisotopic (exact) mass is 395 g/mol. The number of ether oxygens (including phenoxy) is 1. The Bertz CT molecular complexity index is 917. The van der Waals surface area contributed by atoms with E-state index in [1.807, 2.05) is 11.0 Å². The number of nitro benzene ring substituents is 1. The highest BCUT2D eigenvalue weighted by Gasteiger charge is 2.27. The Morgan fingerprint density at radius 1 is 1.31 bits per heavy atom. The van der Waals surface area contributed by atoms with E-state index in [1.54, 1.807) is 0 Å². The van der Waals surface area contributed by atoms with Crippen molar-refractivity contribution in [1.29, 1.82) is 5.26 Å². The van der Waals surface area contributed by atoms with Gasteiger partial charge in [0.05, 0.1) is 27.8 Å². The van der Waals surface area contributed by atoms with Crippen molar-refractivity contribution in [2.45, 2.75) is 6.10 Å². The topological polar surface area (TPSA) is 79.4 Å². The minimum atomic E-state index is -0.597. The van der Waals surface area contributed by atoms with Gasteiger partial charge in [-0.1, -0.05) is 23.2 Å². The molecule has 134 valence electrons. The van der Waals surface area contributed by atoms with Crippen LogP contribution in [-0.4, -0.2) is 24.6 Å². The van der Waals surface area contributed by atoms with E-state index >= 15 is 0 Å². The fourth-order valence-corrected chi connectivity index (χ4v) is 3.35. The summed E-state index contributed by atoms with van der Waals surface area (Å²) >= 11 is 11.9. The van der Waals surface area contributed by atoms with Gasteiger partial charge < -0.3 is 9.64 Å². The second-order valence-electron chi connectivity index (χ2n) is 5.66. The molecule has 1 atom stereocenters. The van der Waals surface area contributed by atoms with Crippen molar-refractivity contribution in [2.24, 2.45) is 0 Å². The molecule has 0 aliphatic carbocycles. The molecule has 2 aromatic carbocycles. The Labute approximate surface area is 158 Å². The molecule has 3 rings (SSSR count). The van der Waals surface area contributed by atoms with Crippen LogP contribution in [0, 0.1) is 27.3 Å². The first-order valence-electron chi connectivity index (χ1n) is 7.60. The summed E-state index contributed by atoms with van der Waals surface area (Å²) in [5.74, 6) is -0.597. The first-order chi connectivity index (χ1) is 12.4. The summed E-state index contributed by atoms with van der Waals surface area (Å²) in [5.41, 5.74) is 1.04. The van der Waals surface area contributed by atoms with Crippen LogP contribution in [0.15, 0.2) is 30.3 Å². The van der Waals surface area contributed by atoms with Gasteiger partial charge >= 0.3 is 0 Å². The van der Waals surface area contributed by atoms with Crippen molar-refractivity contribution in [3.8, 4) is 6.07 Å². The van der Waals surface area contributed by atoms with Crippen LogP contribution < -0.4 is 4.90 Å². The van der Waals surface area contributed by atoms with Gasteiger partial charge in [-0.2, -0.15) is 5.26 Å². The summed E-state index contributed by atoms with van der Waals surface area (Å²) in [6.45, 7) is 1.12. The standard InChI is InChI=1S/C17H12Cl2FN3O3/c18-13-7-14(19)15(20)6-12(13)17-9-22(3-4-26-17)16-2-1-11(23(24)25)5-10(16)8-21/h1-2,5-7,17H,3-4,9H2. The third-order valence-corrected chi connectivity index (χ3v) is 4.72. The molecule has 6 nitrogen and oxygen atoms in total. The molecule has 2 aromatic rings. The summed E-state index contributed by atoms with van der Waals surface area (Å²) in [4.78, 5) is 12.2. The first-order valence-corrected chi connectivity index (χ1v) is 8.36. The molecule has 9 heteroatoms. The number of halogens is 3. The van der Waals surface area contributed by atoms with E-state index in [9.17, 15) is 19.8 Å². The minimum Gasteiger partial charge on any atom is -0.370 e. The summed E-state index contributed by atoms with van der Waals surface area (Å²) in [6, 6.07) is 8.64. The zero-order valence-corrected chi connectivity index (χ0v) is 14.8. The van der Waals surface area contributed by atoms with E-state index in [2.05, 4.69) is 0 Å². The second-order valence-corrected chi connectivity index (χ2v) is 6.48. The Kier molecular flexibility index (Phi) is 5.28. The Balaban J connectivity index is 1.91. The van der Waals surface area contributed by atoms with Crippen molar-refractivity contribution in [2.75, 3.05) is 24.6 Å². The molecule has 0 aromatic heterocycles. The van der Waals surface area contributed by atoms with Gasteiger partial charge in [-0.15, -0.1) is 0 Å². The highest BCUT2D eigenvalue weighted by Crippen LogP contribution is 2.34. The fourth-order valence-electron chi connectivity index (χ4n) is 2.84. The van der Waals surface area contributed by atoms with Gasteiger partial charge in [-0.05, 0) is 18.2 Å². The Morgan fingerprint density at radius 3 is 2.77 bits per heavy atom. The summed E-state index contributed by atoms with van der Waals surface area (Å²) in [7, 11) is 0. The Hall–Kier alpha value is -2.40. The predicted molar refractivity (Wildman–Crippen MR) is 95.1 cm³/mol. The number of nitro groups is 1. The number of morpholine rings is 1. The number of nitrogens with zero attached hydrogens (tertiary/aromatic N) is 3. The summed E-state index contributed by atoms with van der Waals surface area (Å²) in [5, 5.41) is 20.4. The first kappa shape index (κ1) is 18.4. The number of anilines is 1. The maximum absolute atomic E-state index is 13.8. The molecule has 0 saturated carbocycles. The quantitative estimate of drug-likeness (QED) is 0.434. The minimum absolute atomic E-state index is 0.0754. The average Bonchev–Trinajstić information content (AvgIpc) is 2.64. The van der Waals surface area contributed by atoms with Crippen LogP contribution in [0.25, 0.3) is 0 Å². The lowest BCUT2D eigenvalue weighted by atomic mass is 10.1.